The van der Waals surface area contributed by atoms with Crippen LogP contribution in [0.3, 0.4) is 0 Å². The SMILES string of the molecule is Fc1cccc(F)c1-c1nc(NC2CCC(N3CCCC3)CC2)c2ncc(Cl)n2n1. The smallest absolute Gasteiger partial charge is 0.198 e. The average Bonchev–Trinajstić information content (AvgIpc) is 3.40. The second kappa shape index (κ2) is 8.07. The van der Waals surface area contributed by atoms with E-state index in [1.807, 2.05) is 0 Å². The predicted molar refractivity (Wildman–Crippen MR) is 112 cm³/mol. The summed E-state index contributed by atoms with van der Waals surface area (Å²) < 4.78 is 30.1. The van der Waals surface area contributed by atoms with E-state index < -0.39 is 11.6 Å². The van der Waals surface area contributed by atoms with Crippen LogP contribution in [0.4, 0.5) is 14.6 Å². The first kappa shape index (κ1) is 19.6. The number of nitrogens with zero attached hydrogens (tertiary/aromatic N) is 5. The second-order valence-electron chi connectivity index (χ2n) is 8.09. The molecular weight excluding hydrogens is 410 g/mol. The quantitative estimate of drug-likeness (QED) is 0.655. The summed E-state index contributed by atoms with van der Waals surface area (Å²) in [7, 11) is 0. The lowest BCUT2D eigenvalue weighted by Gasteiger charge is -2.35. The number of imidazole rings is 1. The summed E-state index contributed by atoms with van der Waals surface area (Å²) in [6.07, 6.45) is 8.33. The standard InChI is InChI=1S/C21H23ClF2N6/c22-17-12-25-21-20(26-13-6-8-14(9-7-13)29-10-1-2-11-29)27-19(28-30(17)21)18-15(23)4-3-5-16(18)24/h3-5,12-14H,1-2,6-11H2,(H,26,27,28). The first-order valence-electron chi connectivity index (χ1n) is 10.5. The lowest BCUT2D eigenvalue weighted by Crippen LogP contribution is -2.39. The van der Waals surface area contributed by atoms with Crippen LogP contribution in [-0.2, 0) is 0 Å². The van der Waals surface area contributed by atoms with E-state index in [0.29, 0.717) is 17.5 Å². The van der Waals surface area contributed by atoms with E-state index in [2.05, 4.69) is 25.3 Å². The van der Waals surface area contributed by atoms with Crippen LogP contribution >= 0.6 is 11.6 Å². The number of rotatable bonds is 4. The molecule has 1 aliphatic heterocycles. The molecule has 2 aliphatic rings. The number of fused-ring (bicyclic) bond motifs is 1. The largest absolute Gasteiger partial charge is 0.364 e. The number of hydrogen-bond acceptors (Lipinski definition) is 5. The van der Waals surface area contributed by atoms with Gasteiger partial charge in [0.25, 0.3) is 0 Å². The first-order valence-corrected chi connectivity index (χ1v) is 10.8. The molecule has 1 aliphatic carbocycles. The van der Waals surface area contributed by atoms with Crippen molar-refractivity contribution in [1.29, 1.82) is 0 Å². The van der Waals surface area contributed by atoms with Crippen LogP contribution in [0.1, 0.15) is 38.5 Å². The summed E-state index contributed by atoms with van der Waals surface area (Å²) in [4.78, 5) is 11.3. The van der Waals surface area contributed by atoms with Crippen LogP contribution < -0.4 is 5.32 Å². The zero-order valence-electron chi connectivity index (χ0n) is 16.5. The van der Waals surface area contributed by atoms with Crippen molar-refractivity contribution in [2.24, 2.45) is 0 Å². The highest BCUT2D eigenvalue weighted by atomic mass is 35.5. The van der Waals surface area contributed by atoms with Crippen molar-refractivity contribution in [2.45, 2.75) is 50.6 Å². The Labute approximate surface area is 178 Å². The summed E-state index contributed by atoms with van der Waals surface area (Å²) in [5.41, 5.74) is 0.173. The third-order valence-corrected chi connectivity index (χ3v) is 6.46. The molecule has 30 heavy (non-hydrogen) atoms. The molecule has 0 spiro atoms. The summed E-state index contributed by atoms with van der Waals surface area (Å²) in [5, 5.41) is 7.93. The molecule has 1 saturated carbocycles. The Hall–Kier alpha value is -2.32. The molecule has 2 aromatic heterocycles. The molecule has 1 N–H and O–H groups in total. The molecule has 158 valence electrons. The van der Waals surface area contributed by atoms with Crippen LogP contribution in [0, 0.1) is 11.6 Å². The highest BCUT2D eigenvalue weighted by Gasteiger charge is 2.28. The fourth-order valence-electron chi connectivity index (χ4n) is 4.65. The molecule has 3 heterocycles. The Balaban J connectivity index is 1.43. The molecule has 6 nitrogen and oxygen atoms in total. The lowest BCUT2D eigenvalue weighted by atomic mass is 9.90. The fraction of sp³-hybridized carbons (Fsp3) is 0.476. The molecular formula is C21H23ClF2N6. The van der Waals surface area contributed by atoms with Gasteiger partial charge < -0.3 is 10.2 Å². The van der Waals surface area contributed by atoms with E-state index in [1.54, 1.807) is 0 Å². The topological polar surface area (TPSA) is 58.4 Å². The van der Waals surface area contributed by atoms with Gasteiger partial charge in [-0.1, -0.05) is 17.7 Å². The van der Waals surface area contributed by atoms with Gasteiger partial charge in [-0.2, -0.15) is 4.52 Å². The lowest BCUT2D eigenvalue weighted by molar-refractivity contribution is 0.186. The van der Waals surface area contributed by atoms with Crippen molar-refractivity contribution in [2.75, 3.05) is 18.4 Å². The molecule has 5 rings (SSSR count). The molecule has 0 amide bonds. The van der Waals surface area contributed by atoms with E-state index >= 15 is 0 Å². The van der Waals surface area contributed by atoms with Crippen LogP contribution in [0.5, 0.6) is 0 Å². The third-order valence-electron chi connectivity index (χ3n) is 6.20. The summed E-state index contributed by atoms with van der Waals surface area (Å²) in [6.45, 7) is 2.42. The number of hydrogen-bond donors (Lipinski definition) is 1. The predicted octanol–water partition coefficient (Wildman–Crippen LogP) is 4.54. The molecule has 2 fully saturated rings. The maximum Gasteiger partial charge on any atom is 0.198 e. The highest BCUT2D eigenvalue weighted by molar-refractivity contribution is 6.29. The van der Waals surface area contributed by atoms with Gasteiger partial charge in [-0.15, -0.1) is 5.10 Å². The van der Waals surface area contributed by atoms with Gasteiger partial charge >= 0.3 is 0 Å². The van der Waals surface area contributed by atoms with Crippen molar-refractivity contribution in [3.63, 3.8) is 0 Å². The van der Waals surface area contributed by atoms with Crippen LogP contribution in [0.2, 0.25) is 5.15 Å². The third kappa shape index (κ3) is 3.63. The number of anilines is 1. The van der Waals surface area contributed by atoms with E-state index in [9.17, 15) is 8.78 Å². The minimum Gasteiger partial charge on any atom is -0.364 e. The number of halogens is 3. The van der Waals surface area contributed by atoms with Gasteiger partial charge in [-0.05, 0) is 63.7 Å². The van der Waals surface area contributed by atoms with Crippen LogP contribution in [0.25, 0.3) is 17.0 Å². The first-order chi connectivity index (χ1) is 14.6. The minimum atomic E-state index is -0.720. The number of nitrogens with one attached hydrogen (secondary N) is 1. The number of benzene rings is 1. The molecule has 0 unspecified atom stereocenters. The average molecular weight is 433 g/mol. The maximum absolute atomic E-state index is 14.3. The van der Waals surface area contributed by atoms with Gasteiger partial charge in [0, 0.05) is 12.1 Å². The van der Waals surface area contributed by atoms with Crippen LogP contribution in [-0.4, -0.2) is 49.7 Å². The van der Waals surface area contributed by atoms with E-state index in [1.165, 1.54) is 54.8 Å². The zero-order valence-corrected chi connectivity index (χ0v) is 17.2. The monoisotopic (exact) mass is 432 g/mol. The molecule has 1 saturated heterocycles. The summed E-state index contributed by atoms with van der Waals surface area (Å²) >= 11 is 6.21. The van der Waals surface area contributed by atoms with Crippen molar-refractivity contribution >= 4 is 23.1 Å². The Bertz CT molecular complexity index is 1040. The highest BCUT2D eigenvalue weighted by Crippen LogP contribution is 2.30. The summed E-state index contributed by atoms with van der Waals surface area (Å²) in [5.74, 6) is -1.06. The van der Waals surface area contributed by atoms with Gasteiger partial charge in [0.05, 0.1) is 11.8 Å². The van der Waals surface area contributed by atoms with Crippen molar-refractivity contribution < 1.29 is 8.78 Å². The molecule has 3 aromatic rings. The molecule has 9 heteroatoms. The Kier molecular flexibility index (Phi) is 5.28. The Morgan fingerprint density at radius 3 is 2.43 bits per heavy atom. The Morgan fingerprint density at radius 2 is 1.73 bits per heavy atom. The molecule has 0 bridgehead atoms. The van der Waals surface area contributed by atoms with Crippen molar-refractivity contribution in [1.82, 2.24) is 24.5 Å². The second-order valence-corrected chi connectivity index (χ2v) is 8.48. The fourth-order valence-corrected chi connectivity index (χ4v) is 4.82. The number of aromatic nitrogens is 4. The van der Waals surface area contributed by atoms with Gasteiger partial charge in [-0.3, -0.25) is 0 Å². The number of likely N-dealkylation sites (tertiary alicyclic amines) is 1. The van der Waals surface area contributed by atoms with E-state index in [4.69, 9.17) is 11.6 Å². The normalized spacial score (nSPS) is 22.6. The molecule has 1 aromatic carbocycles. The van der Waals surface area contributed by atoms with Gasteiger partial charge in [0.15, 0.2) is 22.4 Å². The van der Waals surface area contributed by atoms with Gasteiger partial charge in [-0.25, -0.2) is 18.7 Å². The van der Waals surface area contributed by atoms with E-state index in [-0.39, 0.29) is 22.6 Å². The van der Waals surface area contributed by atoms with Gasteiger partial charge in [0.2, 0.25) is 0 Å². The zero-order chi connectivity index (χ0) is 20.7. The minimum absolute atomic E-state index is 0.0637. The summed E-state index contributed by atoms with van der Waals surface area (Å²) in [6, 6.07) is 4.56. The molecule has 0 radical (unpaired) electrons. The maximum atomic E-state index is 14.3. The van der Waals surface area contributed by atoms with Gasteiger partial charge in [0.1, 0.15) is 11.6 Å². The van der Waals surface area contributed by atoms with Crippen molar-refractivity contribution in [3.8, 4) is 11.4 Å². The van der Waals surface area contributed by atoms with Crippen LogP contribution in [0.15, 0.2) is 24.4 Å². The Morgan fingerprint density at radius 1 is 1.03 bits per heavy atom. The molecule has 0 atom stereocenters. The van der Waals surface area contributed by atoms with Crippen molar-refractivity contribution in [3.05, 3.63) is 41.2 Å². The van der Waals surface area contributed by atoms with E-state index in [0.717, 1.165) is 25.7 Å².